The summed E-state index contributed by atoms with van der Waals surface area (Å²) in [6.45, 7) is 4.30. The highest BCUT2D eigenvalue weighted by Gasteiger charge is 2.38. The Hall–Kier alpha value is -1.30. The zero-order valence-electron chi connectivity index (χ0n) is 11.6. The lowest BCUT2D eigenvalue weighted by molar-refractivity contribution is -0.137. The summed E-state index contributed by atoms with van der Waals surface area (Å²) in [4.78, 5) is 5.78. The molecule has 0 bridgehead atoms. The lowest BCUT2D eigenvalue weighted by Gasteiger charge is -2.28. The molecule has 1 N–H and O–H groups in total. The van der Waals surface area contributed by atoms with Crippen LogP contribution in [0.5, 0.6) is 0 Å². The molecule has 3 nitrogen and oxygen atoms in total. The summed E-state index contributed by atoms with van der Waals surface area (Å²) < 4.78 is 39.2. The Balaban J connectivity index is 2.17. The minimum absolute atomic E-state index is 0.0702. The normalized spacial score (nSPS) is 19.6. The Morgan fingerprint density at radius 2 is 2.25 bits per heavy atom. The molecule has 0 radical (unpaired) electrons. The molecule has 1 atom stereocenters. The third kappa shape index (κ3) is 3.42. The standard InChI is InChI=1S/C14H20F3N3/c1-2-7-18-10-11-5-4-9-20(11)13-12(14(15,16)17)6-3-8-19-13/h3,6,8,11,18H,2,4-5,7,9-10H2,1H3. The van der Waals surface area contributed by atoms with E-state index in [2.05, 4.69) is 17.2 Å². The monoisotopic (exact) mass is 287 g/mol. The fourth-order valence-corrected chi connectivity index (χ4v) is 2.62. The van der Waals surface area contributed by atoms with E-state index in [0.29, 0.717) is 13.1 Å². The van der Waals surface area contributed by atoms with Gasteiger partial charge in [0.15, 0.2) is 0 Å². The third-order valence-corrected chi connectivity index (χ3v) is 3.55. The van der Waals surface area contributed by atoms with Gasteiger partial charge in [0, 0.05) is 25.3 Å². The maximum absolute atomic E-state index is 13.1. The Morgan fingerprint density at radius 1 is 1.45 bits per heavy atom. The largest absolute Gasteiger partial charge is 0.419 e. The van der Waals surface area contributed by atoms with Crippen LogP contribution in [0.1, 0.15) is 31.7 Å². The van der Waals surface area contributed by atoms with Gasteiger partial charge in [-0.1, -0.05) is 6.92 Å². The second kappa shape index (κ2) is 6.43. The van der Waals surface area contributed by atoms with Crippen LogP contribution in [-0.2, 0) is 6.18 Å². The fourth-order valence-electron chi connectivity index (χ4n) is 2.62. The number of hydrogen-bond acceptors (Lipinski definition) is 3. The van der Waals surface area contributed by atoms with Crippen LogP contribution < -0.4 is 10.2 Å². The van der Waals surface area contributed by atoms with E-state index in [1.165, 1.54) is 12.3 Å². The Labute approximate surface area is 117 Å². The van der Waals surface area contributed by atoms with Crippen LogP contribution >= 0.6 is 0 Å². The number of anilines is 1. The molecule has 1 unspecified atom stereocenters. The summed E-state index contributed by atoms with van der Waals surface area (Å²) in [6, 6.07) is 2.54. The highest BCUT2D eigenvalue weighted by molar-refractivity contribution is 5.50. The van der Waals surface area contributed by atoms with Gasteiger partial charge in [-0.25, -0.2) is 4.98 Å². The molecule has 1 fully saturated rings. The van der Waals surface area contributed by atoms with E-state index in [9.17, 15) is 13.2 Å². The summed E-state index contributed by atoms with van der Waals surface area (Å²) in [6.07, 6.45) is -0.0892. The lowest BCUT2D eigenvalue weighted by Crippen LogP contribution is -2.39. The van der Waals surface area contributed by atoms with Crippen LogP contribution in [-0.4, -0.2) is 30.7 Å². The van der Waals surface area contributed by atoms with E-state index in [1.807, 2.05) is 0 Å². The van der Waals surface area contributed by atoms with Gasteiger partial charge in [-0.05, 0) is 37.9 Å². The molecule has 1 aliphatic heterocycles. The van der Waals surface area contributed by atoms with Crippen molar-refractivity contribution in [1.29, 1.82) is 0 Å². The number of halogens is 3. The zero-order valence-corrected chi connectivity index (χ0v) is 11.6. The van der Waals surface area contributed by atoms with Gasteiger partial charge < -0.3 is 10.2 Å². The summed E-state index contributed by atoms with van der Waals surface area (Å²) in [5, 5.41) is 3.28. The summed E-state index contributed by atoms with van der Waals surface area (Å²) in [7, 11) is 0. The van der Waals surface area contributed by atoms with Crippen LogP contribution in [0.4, 0.5) is 19.0 Å². The third-order valence-electron chi connectivity index (χ3n) is 3.55. The molecule has 1 saturated heterocycles. The number of nitrogens with one attached hydrogen (secondary N) is 1. The van der Waals surface area contributed by atoms with Gasteiger partial charge in [0.1, 0.15) is 5.82 Å². The highest BCUT2D eigenvalue weighted by atomic mass is 19.4. The molecule has 112 valence electrons. The van der Waals surface area contributed by atoms with Crippen LogP contribution in [0.3, 0.4) is 0 Å². The highest BCUT2D eigenvalue weighted by Crippen LogP contribution is 2.37. The van der Waals surface area contributed by atoms with E-state index in [-0.39, 0.29) is 11.9 Å². The average Bonchev–Trinajstić information content (AvgIpc) is 2.86. The molecule has 1 aromatic rings. The zero-order chi connectivity index (χ0) is 14.6. The molecule has 0 aliphatic carbocycles. The minimum Gasteiger partial charge on any atom is -0.352 e. The fraction of sp³-hybridized carbons (Fsp3) is 0.643. The first-order valence-electron chi connectivity index (χ1n) is 7.03. The van der Waals surface area contributed by atoms with E-state index in [4.69, 9.17) is 0 Å². The number of aromatic nitrogens is 1. The number of hydrogen-bond donors (Lipinski definition) is 1. The van der Waals surface area contributed by atoms with Crippen molar-refractivity contribution in [1.82, 2.24) is 10.3 Å². The molecule has 0 aromatic carbocycles. The Morgan fingerprint density at radius 3 is 2.95 bits per heavy atom. The van der Waals surface area contributed by atoms with Crippen molar-refractivity contribution in [3.8, 4) is 0 Å². The molecule has 0 amide bonds. The van der Waals surface area contributed by atoms with Gasteiger partial charge in [0.25, 0.3) is 0 Å². The van der Waals surface area contributed by atoms with Crippen molar-refractivity contribution in [2.45, 2.75) is 38.4 Å². The number of alkyl halides is 3. The maximum Gasteiger partial charge on any atom is 0.419 e. The molecule has 1 aromatic heterocycles. The SMILES string of the molecule is CCCNCC1CCCN1c1ncccc1C(F)(F)F. The maximum atomic E-state index is 13.1. The predicted molar refractivity (Wildman–Crippen MR) is 72.8 cm³/mol. The molecule has 20 heavy (non-hydrogen) atoms. The smallest absolute Gasteiger partial charge is 0.352 e. The second-order valence-electron chi connectivity index (χ2n) is 5.07. The Bertz CT molecular complexity index is 434. The van der Waals surface area contributed by atoms with Crippen LogP contribution in [0, 0.1) is 0 Å². The van der Waals surface area contributed by atoms with Gasteiger partial charge in [-0.2, -0.15) is 13.2 Å². The van der Waals surface area contributed by atoms with Gasteiger partial charge in [0.2, 0.25) is 0 Å². The van der Waals surface area contributed by atoms with Crippen LogP contribution in [0.25, 0.3) is 0 Å². The number of nitrogens with zero attached hydrogens (tertiary/aromatic N) is 2. The van der Waals surface area contributed by atoms with E-state index < -0.39 is 11.7 Å². The average molecular weight is 287 g/mol. The van der Waals surface area contributed by atoms with Crippen molar-refractivity contribution in [3.05, 3.63) is 23.9 Å². The molecule has 0 spiro atoms. The number of rotatable bonds is 5. The summed E-state index contributed by atoms with van der Waals surface area (Å²) in [5.41, 5.74) is -0.637. The summed E-state index contributed by atoms with van der Waals surface area (Å²) >= 11 is 0. The predicted octanol–water partition coefficient (Wildman–Crippen LogP) is 3.07. The minimum atomic E-state index is -4.35. The van der Waals surface area contributed by atoms with Crippen LogP contribution in [0.2, 0.25) is 0 Å². The first-order chi connectivity index (χ1) is 9.54. The Kier molecular flexibility index (Phi) is 4.86. The van der Waals surface area contributed by atoms with E-state index in [0.717, 1.165) is 31.9 Å². The molecular weight excluding hydrogens is 267 g/mol. The molecule has 2 rings (SSSR count). The summed E-state index contributed by atoms with van der Waals surface area (Å²) in [5.74, 6) is 0.0702. The van der Waals surface area contributed by atoms with Crippen molar-refractivity contribution in [2.75, 3.05) is 24.5 Å². The van der Waals surface area contributed by atoms with Crippen LogP contribution in [0.15, 0.2) is 18.3 Å². The van der Waals surface area contributed by atoms with Gasteiger partial charge >= 0.3 is 6.18 Å². The van der Waals surface area contributed by atoms with E-state index >= 15 is 0 Å². The van der Waals surface area contributed by atoms with Crippen molar-refractivity contribution >= 4 is 5.82 Å². The number of pyridine rings is 1. The van der Waals surface area contributed by atoms with Gasteiger partial charge in [0.05, 0.1) is 5.56 Å². The molecule has 1 aliphatic rings. The molecule has 6 heteroatoms. The molecule has 0 saturated carbocycles. The lowest BCUT2D eigenvalue weighted by atomic mass is 10.2. The van der Waals surface area contributed by atoms with E-state index in [1.54, 1.807) is 4.90 Å². The quantitative estimate of drug-likeness (QED) is 0.844. The first kappa shape index (κ1) is 15.1. The first-order valence-corrected chi connectivity index (χ1v) is 7.03. The van der Waals surface area contributed by atoms with Crippen molar-refractivity contribution in [3.63, 3.8) is 0 Å². The van der Waals surface area contributed by atoms with Gasteiger partial charge in [-0.3, -0.25) is 0 Å². The van der Waals surface area contributed by atoms with Crippen molar-refractivity contribution in [2.24, 2.45) is 0 Å². The molecular formula is C14H20F3N3. The van der Waals surface area contributed by atoms with Gasteiger partial charge in [-0.15, -0.1) is 0 Å². The topological polar surface area (TPSA) is 28.2 Å². The van der Waals surface area contributed by atoms with Crippen molar-refractivity contribution < 1.29 is 13.2 Å². The second-order valence-corrected chi connectivity index (χ2v) is 5.07. The molecule has 2 heterocycles.